The normalized spacial score (nSPS) is 17.9. The molecule has 2 rings (SSSR count). The second-order valence-corrected chi connectivity index (χ2v) is 5.95. The van der Waals surface area contributed by atoms with Crippen LogP contribution in [0.4, 0.5) is 10.5 Å². The highest BCUT2D eigenvalue weighted by Crippen LogP contribution is 2.30. The van der Waals surface area contributed by atoms with Crippen molar-refractivity contribution in [2.45, 2.75) is 39.3 Å². The average Bonchev–Trinajstić information content (AvgIpc) is 2.48. The molecule has 1 aromatic carbocycles. The third kappa shape index (κ3) is 3.87. The van der Waals surface area contributed by atoms with Crippen LogP contribution < -0.4 is 15.4 Å². The average molecular weight is 292 g/mol. The van der Waals surface area contributed by atoms with Gasteiger partial charge in [0.25, 0.3) is 5.91 Å². The number of ether oxygens (including phenoxy) is 2. The summed E-state index contributed by atoms with van der Waals surface area (Å²) in [5.41, 5.74) is 0.908. The minimum absolute atomic E-state index is 0.0585. The number of alkyl carbamates (subject to hydrolysis) is 1. The summed E-state index contributed by atoms with van der Waals surface area (Å²) in [6, 6.07) is 4.69. The molecule has 0 radical (unpaired) electrons. The minimum Gasteiger partial charge on any atom is -0.488 e. The first kappa shape index (κ1) is 15.2. The van der Waals surface area contributed by atoms with E-state index in [1.54, 1.807) is 26.8 Å². The van der Waals surface area contributed by atoms with E-state index in [9.17, 15) is 9.59 Å². The van der Waals surface area contributed by atoms with Gasteiger partial charge in [-0.25, -0.2) is 4.79 Å². The summed E-state index contributed by atoms with van der Waals surface area (Å²) < 4.78 is 10.8. The zero-order valence-electron chi connectivity index (χ0n) is 12.6. The maximum absolute atomic E-state index is 12.1. The van der Waals surface area contributed by atoms with Crippen LogP contribution in [0.25, 0.3) is 0 Å². The summed E-state index contributed by atoms with van der Waals surface area (Å²) in [6.45, 7) is 7.23. The third-order valence-electron chi connectivity index (χ3n) is 2.87. The van der Waals surface area contributed by atoms with E-state index in [4.69, 9.17) is 9.47 Å². The number of hydrogen-bond donors (Lipinski definition) is 2. The lowest BCUT2D eigenvalue weighted by atomic mass is 10.2. The Morgan fingerprint density at radius 2 is 2.14 bits per heavy atom. The van der Waals surface area contributed by atoms with Crippen molar-refractivity contribution in [3.05, 3.63) is 23.8 Å². The molecule has 0 bridgehead atoms. The number of rotatable bonds is 1. The number of aryl methyl sites for hydroxylation is 1. The molecule has 0 saturated heterocycles. The Balaban J connectivity index is 2.07. The number of fused-ring (bicyclic) bond motifs is 1. The van der Waals surface area contributed by atoms with Gasteiger partial charge in [0, 0.05) is 0 Å². The van der Waals surface area contributed by atoms with Crippen LogP contribution in [0.5, 0.6) is 5.75 Å². The predicted octanol–water partition coefficient (Wildman–Crippen LogP) is 2.22. The third-order valence-corrected chi connectivity index (χ3v) is 2.87. The van der Waals surface area contributed by atoms with Crippen molar-refractivity contribution in [1.82, 2.24) is 5.32 Å². The highest BCUT2D eigenvalue weighted by molar-refractivity contribution is 5.98. The Kier molecular flexibility index (Phi) is 4.06. The molecule has 6 nitrogen and oxygen atoms in total. The number of amides is 2. The molecule has 114 valence electrons. The standard InChI is InChI=1S/C15H20N2O4/c1-9-6-5-7-10-12(9)20-8-11(13(18)16-10)17-14(19)21-15(2,3)4/h5-7,11H,8H2,1-4H3,(H,16,18)(H,17,19)/t11-/m0/s1. The Morgan fingerprint density at radius 3 is 2.81 bits per heavy atom. The van der Waals surface area contributed by atoms with Crippen LogP contribution in [0, 0.1) is 6.92 Å². The lowest BCUT2D eigenvalue weighted by Gasteiger charge is -2.22. The first-order chi connectivity index (χ1) is 9.76. The van der Waals surface area contributed by atoms with Crippen molar-refractivity contribution < 1.29 is 19.1 Å². The molecule has 1 aliphatic rings. The number of carbonyl (C=O) groups is 2. The van der Waals surface area contributed by atoms with E-state index in [1.165, 1.54) is 0 Å². The van der Waals surface area contributed by atoms with Crippen LogP contribution >= 0.6 is 0 Å². The topological polar surface area (TPSA) is 76.7 Å². The van der Waals surface area contributed by atoms with Gasteiger partial charge in [0.1, 0.15) is 24.0 Å². The van der Waals surface area contributed by atoms with Gasteiger partial charge in [0.05, 0.1) is 5.69 Å². The molecule has 0 fully saturated rings. The van der Waals surface area contributed by atoms with E-state index in [-0.39, 0.29) is 12.5 Å². The molecule has 0 unspecified atom stereocenters. The summed E-state index contributed by atoms with van der Waals surface area (Å²) in [5.74, 6) is 0.296. The summed E-state index contributed by atoms with van der Waals surface area (Å²) in [4.78, 5) is 23.9. The molecule has 1 aromatic rings. The van der Waals surface area contributed by atoms with E-state index in [0.717, 1.165) is 5.56 Å². The van der Waals surface area contributed by atoms with Crippen molar-refractivity contribution in [3.8, 4) is 5.75 Å². The maximum atomic E-state index is 12.1. The molecule has 0 aromatic heterocycles. The van der Waals surface area contributed by atoms with Crippen molar-refractivity contribution in [2.75, 3.05) is 11.9 Å². The quantitative estimate of drug-likeness (QED) is 0.832. The first-order valence-electron chi connectivity index (χ1n) is 6.79. The number of benzene rings is 1. The van der Waals surface area contributed by atoms with Crippen molar-refractivity contribution >= 4 is 17.7 Å². The van der Waals surface area contributed by atoms with Crippen LogP contribution in [0.2, 0.25) is 0 Å². The van der Waals surface area contributed by atoms with E-state index < -0.39 is 17.7 Å². The van der Waals surface area contributed by atoms with E-state index in [1.807, 2.05) is 19.1 Å². The van der Waals surface area contributed by atoms with Crippen LogP contribution in [-0.4, -0.2) is 30.3 Å². The largest absolute Gasteiger partial charge is 0.488 e. The molecule has 0 saturated carbocycles. The summed E-state index contributed by atoms with van der Waals surface area (Å²) in [5, 5.41) is 5.27. The van der Waals surface area contributed by atoms with Gasteiger partial charge >= 0.3 is 6.09 Å². The van der Waals surface area contributed by atoms with Crippen LogP contribution in [0.3, 0.4) is 0 Å². The first-order valence-corrected chi connectivity index (χ1v) is 6.79. The zero-order valence-corrected chi connectivity index (χ0v) is 12.6. The Hall–Kier alpha value is -2.24. The zero-order chi connectivity index (χ0) is 15.6. The SMILES string of the molecule is Cc1cccc2c1OC[C@H](NC(=O)OC(C)(C)C)C(=O)N2. The highest BCUT2D eigenvalue weighted by atomic mass is 16.6. The maximum Gasteiger partial charge on any atom is 0.408 e. The molecule has 1 heterocycles. The molecule has 0 aliphatic carbocycles. The second kappa shape index (κ2) is 5.63. The fourth-order valence-electron chi connectivity index (χ4n) is 1.96. The lowest BCUT2D eigenvalue weighted by molar-refractivity contribution is -0.118. The van der Waals surface area contributed by atoms with Gasteiger partial charge in [0.2, 0.25) is 0 Å². The predicted molar refractivity (Wildman–Crippen MR) is 78.5 cm³/mol. The number of nitrogens with one attached hydrogen (secondary N) is 2. The minimum atomic E-state index is -0.799. The highest BCUT2D eigenvalue weighted by Gasteiger charge is 2.28. The Morgan fingerprint density at radius 1 is 1.43 bits per heavy atom. The number of carbonyl (C=O) groups excluding carboxylic acids is 2. The Labute approximate surface area is 123 Å². The fraction of sp³-hybridized carbons (Fsp3) is 0.467. The van der Waals surface area contributed by atoms with Crippen LogP contribution in [0.15, 0.2) is 18.2 Å². The van der Waals surface area contributed by atoms with Gasteiger partial charge in [-0.05, 0) is 39.3 Å². The summed E-state index contributed by atoms with van der Waals surface area (Å²) in [6.07, 6.45) is -0.645. The summed E-state index contributed by atoms with van der Waals surface area (Å²) >= 11 is 0. The van der Waals surface area contributed by atoms with E-state index in [0.29, 0.717) is 11.4 Å². The van der Waals surface area contributed by atoms with Crippen molar-refractivity contribution in [1.29, 1.82) is 0 Å². The van der Waals surface area contributed by atoms with Crippen LogP contribution in [0.1, 0.15) is 26.3 Å². The van der Waals surface area contributed by atoms with Crippen molar-refractivity contribution in [2.24, 2.45) is 0 Å². The smallest absolute Gasteiger partial charge is 0.408 e. The van der Waals surface area contributed by atoms with E-state index in [2.05, 4.69) is 10.6 Å². The summed E-state index contributed by atoms with van der Waals surface area (Å²) in [7, 11) is 0. The molecule has 1 aliphatic heterocycles. The molecule has 0 spiro atoms. The Bertz CT molecular complexity index is 563. The van der Waals surface area contributed by atoms with Gasteiger partial charge in [-0.15, -0.1) is 0 Å². The lowest BCUT2D eigenvalue weighted by Crippen LogP contribution is -2.48. The molecule has 2 amide bonds. The number of para-hydroxylation sites is 1. The monoisotopic (exact) mass is 292 g/mol. The molecule has 1 atom stereocenters. The number of anilines is 1. The molecular formula is C15H20N2O4. The van der Waals surface area contributed by atoms with Gasteiger partial charge in [0.15, 0.2) is 0 Å². The van der Waals surface area contributed by atoms with Crippen molar-refractivity contribution in [3.63, 3.8) is 0 Å². The van der Waals surface area contributed by atoms with Gasteiger partial charge in [-0.3, -0.25) is 4.79 Å². The molecule has 6 heteroatoms. The van der Waals surface area contributed by atoms with Gasteiger partial charge < -0.3 is 20.1 Å². The fourth-order valence-corrected chi connectivity index (χ4v) is 1.96. The molecule has 2 N–H and O–H groups in total. The second-order valence-electron chi connectivity index (χ2n) is 5.95. The van der Waals surface area contributed by atoms with E-state index >= 15 is 0 Å². The molecular weight excluding hydrogens is 272 g/mol. The van der Waals surface area contributed by atoms with Gasteiger partial charge in [-0.2, -0.15) is 0 Å². The number of hydrogen-bond acceptors (Lipinski definition) is 4. The van der Waals surface area contributed by atoms with Crippen LogP contribution in [-0.2, 0) is 9.53 Å². The molecule has 21 heavy (non-hydrogen) atoms. The van der Waals surface area contributed by atoms with Gasteiger partial charge in [-0.1, -0.05) is 12.1 Å².